The smallest absolute Gasteiger partial charge is 0.224 e. The van der Waals surface area contributed by atoms with E-state index < -0.39 is 0 Å². The number of hydrogen-bond acceptors (Lipinski definition) is 3. The quantitative estimate of drug-likeness (QED) is 0.720. The normalized spacial score (nSPS) is 11.5. The first-order valence-corrected chi connectivity index (χ1v) is 9.76. The molecule has 1 rings (SSSR count). The Labute approximate surface area is 158 Å². The Balaban J connectivity index is 2.58. The highest BCUT2D eigenvalue weighted by Gasteiger charge is 2.22. The van der Waals surface area contributed by atoms with Crippen molar-refractivity contribution in [3.8, 4) is 0 Å². The summed E-state index contributed by atoms with van der Waals surface area (Å²) in [4.78, 5) is 26.5. The standard InChI is InChI=1S/C20H36N4O2/c1-8-13-23(14-9-2)18(26)12-10-11-17(25)21-19-15(3)22-24(16(19)4)20(5,6)7/h8-14H2,1-7H3,(H,21,25). The van der Waals surface area contributed by atoms with Crippen molar-refractivity contribution in [2.45, 2.75) is 86.1 Å². The van der Waals surface area contributed by atoms with E-state index in [1.54, 1.807) is 0 Å². The highest BCUT2D eigenvalue weighted by Crippen LogP contribution is 2.25. The molecule has 26 heavy (non-hydrogen) atoms. The van der Waals surface area contributed by atoms with Crippen LogP contribution < -0.4 is 5.32 Å². The second-order valence-electron chi connectivity index (χ2n) is 7.91. The third-order valence-electron chi connectivity index (χ3n) is 4.33. The van der Waals surface area contributed by atoms with Crippen LogP contribution in [0.25, 0.3) is 0 Å². The van der Waals surface area contributed by atoms with Crippen LogP contribution in [-0.2, 0) is 15.1 Å². The van der Waals surface area contributed by atoms with Crippen molar-refractivity contribution < 1.29 is 9.59 Å². The van der Waals surface area contributed by atoms with Gasteiger partial charge in [-0.2, -0.15) is 5.10 Å². The van der Waals surface area contributed by atoms with E-state index in [2.05, 4.69) is 45.0 Å². The first kappa shape index (κ1) is 22.2. The summed E-state index contributed by atoms with van der Waals surface area (Å²) in [6.07, 6.45) is 3.26. The van der Waals surface area contributed by atoms with E-state index in [0.29, 0.717) is 19.3 Å². The Hall–Kier alpha value is -1.85. The second-order valence-corrected chi connectivity index (χ2v) is 7.91. The fourth-order valence-electron chi connectivity index (χ4n) is 3.14. The van der Waals surface area contributed by atoms with Crippen LogP contribution in [0, 0.1) is 13.8 Å². The molecule has 0 atom stereocenters. The number of nitrogens with zero attached hydrogens (tertiary/aromatic N) is 3. The molecule has 0 aromatic carbocycles. The average Bonchev–Trinajstić information content (AvgIpc) is 2.82. The molecule has 0 aliphatic rings. The molecule has 1 aromatic rings. The molecular formula is C20H36N4O2. The molecule has 6 heteroatoms. The highest BCUT2D eigenvalue weighted by molar-refractivity contribution is 5.92. The topological polar surface area (TPSA) is 67.2 Å². The van der Waals surface area contributed by atoms with E-state index in [0.717, 1.165) is 43.0 Å². The predicted molar refractivity (Wildman–Crippen MR) is 106 cm³/mol. The second kappa shape index (κ2) is 9.74. The largest absolute Gasteiger partial charge is 0.343 e. The van der Waals surface area contributed by atoms with Gasteiger partial charge in [0.1, 0.15) is 0 Å². The number of carbonyl (C=O) groups is 2. The fraction of sp³-hybridized carbons (Fsp3) is 0.750. The molecule has 6 nitrogen and oxygen atoms in total. The number of nitrogens with one attached hydrogen (secondary N) is 1. The van der Waals surface area contributed by atoms with E-state index in [9.17, 15) is 9.59 Å². The summed E-state index contributed by atoms with van der Waals surface area (Å²) < 4.78 is 1.94. The Morgan fingerprint density at radius 2 is 1.65 bits per heavy atom. The molecule has 1 heterocycles. The van der Waals surface area contributed by atoms with Crippen LogP contribution in [0.2, 0.25) is 0 Å². The van der Waals surface area contributed by atoms with Crippen molar-refractivity contribution in [2.24, 2.45) is 0 Å². The minimum atomic E-state index is -0.133. The van der Waals surface area contributed by atoms with Crippen molar-refractivity contribution in [1.29, 1.82) is 0 Å². The highest BCUT2D eigenvalue weighted by atomic mass is 16.2. The van der Waals surface area contributed by atoms with Gasteiger partial charge in [0, 0.05) is 25.9 Å². The van der Waals surface area contributed by atoms with E-state index in [-0.39, 0.29) is 17.4 Å². The number of carbonyl (C=O) groups excluding carboxylic acids is 2. The molecule has 1 N–H and O–H groups in total. The number of anilines is 1. The Bertz CT molecular complexity index is 608. The fourth-order valence-corrected chi connectivity index (χ4v) is 3.14. The third kappa shape index (κ3) is 6.15. The van der Waals surface area contributed by atoms with Gasteiger partial charge in [-0.15, -0.1) is 0 Å². The number of aryl methyl sites for hydroxylation is 1. The number of rotatable bonds is 9. The van der Waals surface area contributed by atoms with Crippen molar-refractivity contribution in [2.75, 3.05) is 18.4 Å². The Kier molecular flexibility index (Phi) is 8.31. The van der Waals surface area contributed by atoms with Crippen molar-refractivity contribution in [3.63, 3.8) is 0 Å². The van der Waals surface area contributed by atoms with Gasteiger partial charge in [-0.3, -0.25) is 14.3 Å². The molecule has 0 aliphatic heterocycles. The molecule has 0 unspecified atom stereocenters. The first-order chi connectivity index (χ1) is 12.1. The lowest BCUT2D eigenvalue weighted by molar-refractivity contribution is -0.131. The van der Waals surface area contributed by atoms with E-state index in [4.69, 9.17) is 0 Å². The van der Waals surface area contributed by atoms with Crippen LogP contribution in [0.3, 0.4) is 0 Å². The van der Waals surface area contributed by atoms with Crippen LogP contribution in [0.15, 0.2) is 0 Å². The zero-order valence-electron chi connectivity index (χ0n) is 17.6. The summed E-state index contributed by atoms with van der Waals surface area (Å²) in [5.74, 6) is 0.0874. The molecular weight excluding hydrogens is 328 g/mol. The number of hydrogen-bond donors (Lipinski definition) is 1. The maximum atomic E-state index is 12.3. The maximum Gasteiger partial charge on any atom is 0.224 e. The molecule has 0 spiro atoms. The van der Waals surface area contributed by atoms with Crippen LogP contribution in [0.4, 0.5) is 5.69 Å². The van der Waals surface area contributed by atoms with Crippen LogP contribution in [0.5, 0.6) is 0 Å². The maximum absolute atomic E-state index is 12.3. The van der Waals surface area contributed by atoms with Gasteiger partial charge >= 0.3 is 0 Å². The van der Waals surface area contributed by atoms with Gasteiger partial charge in [0.2, 0.25) is 11.8 Å². The third-order valence-corrected chi connectivity index (χ3v) is 4.33. The lowest BCUT2D eigenvalue weighted by atomic mass is 10.1. The lowest BCUT2D eigenvalue weighted by Gasteiger charge is -2.21. The van der Waals surface area contributed by atoms with Crippen molar-refractivity contribution in [3.05, 3.63) is 11.4 Å². The molecule has 0 saturated carbocycles. The van der Waals surface area contributed by atoms with Gasteiger partial charge in [-0.05, 0) is 53.9 Å². The van der Waals surface area contributed by atoms with Gasteiger partial charge in [-0.25, -0.2) is 0 Å². The summed E-state index contributed by atoms with van der Waals surface area (Å²) in [5.41, 5.74) is 2.43. The summed E-state index contributed by atoms with van der Waals surface area (Å²) in [7, 11) is 0. The average molecular weight is 365 g/mol. The summed E-state index contributed by atoms with van der Waals surface area (Å²) in [6, 6.07) is 0. The van der Waals surface area contributed by atoms with E-state index in [1.807, 2.05) is 23.4 Å². The zero-order valence-corrected chi connectivity index (χ0v) is 17.6. The molecule has 0 fully saturated rings. The molecule has 0 radical (unpaired) electrons. The van der Waals surface area contributed by atoms with Gasteiger partial charge in [-0.1, -0.05) is 13.8 Å². The molecule has 0 bridgehead atoms. The molecule has 148 valence electrons. The monoisotopic (exact) mass is 364 g/mol. The van der Waals surface area contributed by atoms with Crippen LogP contribution in [-0.4, -0.2) is 39.6 Å². The molecule has 1 aromatic heterocycles. The van der Waals surface area contributed by atoms with Gasteiger partial charge < -0.3 is 10.2 Å². The SMILES string of the molecule is CCCN(CCC)C(=O)CCCC(=O)Nc1c(C)nn(C(C)(C)C)c1C. The Morgan fingerprint density at radius 3 is 2.12 bits per heavy atom. The van der Waals surface area contributed by atoms with Crippen molar-refractivity contribution >= 4 is 17.5 Å². The van der Waals surface area contributed by atoms with Crippen molar-refractivity contribution in [1.82, 2.24) is 14.7 Å². The molecule has 0 saturated heterocycles. The summed E-state index contributed by atoms with van der Waals surface area (Å²) >= 11 is 0. The molecule has 0 aliphatic carbocycles. The van der Waals surface area contributed by atoms with E-state index >= 15 is 0 Å². The zero-order chi connectivity index (χ0) is 19.9. The predicted octanol–water partition coefficient (Wildman–Crippen LogP) is 4.01. The summed E-state index contributed by atoms with van der Waals surface area (Å²) in [5, 5.41) is 7.53. The lowest BCUT2D eigenvalue weighted by Crippen LogP contribution is -2.32. The van der Waals surface area contributed by atoms with Gasteiger partial charge in [0.05, 0.1) is 22.6 Å². The van der Waals surface area contributed by atoms with Crippen LogP contribution >= 0.6 is 0 Å². The Morgan fingerprint density at radius 1 is 1.08 bits per heavy atom. The van der Waals surface area contributed by atoms with Gasteiger partial charge in [0.25, 0.3) is 0 Å². The molecule has 2 amide bonds. The minimum Gasteiger partial charge on any atom is -0.343 e. The first-order valence-electron chi connectivity index (χ1n) is 9.76. The van der Waals surface area contributed by atoms with E-state index in [1.165, 1.54) is 0 Å². The minimum absolute atomic E-state index is 0.0602. The number of aromatic nitrogens is 2. The van der Waals surface area contributed by atoms with Gasteiger partial charge in [0.15, 0.2) is 0 Å². The number of amides is 2. The summed E-state index contributed by atoms with van der Waals surface area (Å²) in [6.45, 7) is 15.9. The van der Waals surface area contributed by atoms with Crippen LogP contribution in [0.1, 0.15) is 78.1 Å².